The lowest BCUT2D eigenvalue weighted by Crippen LogP contribution is -2.32. The zero-order chi connectivity index (χ0) is 13.3. The third-order valence-corrected chi connectivity index (χ3v) is 3.10. The smallest absolute Gasteiger partial charge is 0.256 e. The van der Waals surface area contributed by atoms with Crippen molar-refractivity contribution < 1.29 is 14.0 Å². The second-order valence-corrected chi connectivity index (χ2v) is 4.38. The summed E-state index contributed by atoms with van der Waals surface area (Å²) in [6.45, 7) is 0.661. The zero-order valence-corrected chi connectivity index (χ0v) is 9.73. The summed E-state index contributed by atoms with van der Waals surface area (Å²) in [6, 6.07) is 3.93. The van der Waals surface area contributed by atoms with E-state index < -0.39 is 17.6 Å². The number of hydrogen-bond acceptors (Lipinski definition) is 3. The van der Waals surface area contributed by atoms with E-state index in [-0.39, 0.29) is 23.7 Å². The maximum atomic E-state index is 13.6. The van der Waals surface area contributed by atoms with Crippen LogP contribution in [0.15, 0.2) is 18.2 Å². The Balaban J connectivity index is 2.15. The number of amides is 2. The van der Waals surface area contributed by atoms with E-state index in [1.165, 1.54) is 17.0 Å². The molecule has 0 spiro atoms. The summed E-state index contributed by atoms with van der Waals surface area (Å²) in [6.07, 6.45) is 0.525. The van der Waals surface area contributed by atoms with Crippen molar-refractivity contribution in [1.29, 1.82) is 0 Å². The number of halogens is 1. The number of hydrogen-bond donors (Lipinski definition) is 2. The maximum absolute atomic E-state index is 13.6. The second-order valence-electron chi connectivity index (χ2n) is 4.38. The fourth-order valence-corrected chi connectivity index (χ4v) is 2.05. The molecule has 0 aliphatic carbocycles. The van der Waals surface area contributed by atoms with Crippen molar-refractivity contribution in [3.8, 4) is 0 Å². The average molecular weight is 251 g/mol. The van der Waals surface area contributed by atoms with Gasteiger partial charge in [-0.15, -0.1) is 0 Å². The van der Waals surface area contributed by atoms with Crippen LogP contribution in [0.3, 0.4) is 0 Å². The normalized spacial score (nSPS) is 18.9. The Morgan fingerprint density at radius 3 is 2.67 bits per heavy atom. The van der Waals surface area contributed by atoms with Crippen molar-refractivity contribution in [2.45, 2.75) is 6.42 Å². The molecule has 2 amide bonds. The van der Waals surface area contributed by atoms with E-state index in [4.69, 9.17) is 11.5 Å². The molecule has 4 N–H and O–H groups in total. The highest BCUT2D eigenvalue weighted by molar-refractivity contribution is 5.95. The Hall–Kier alpha value is -2.11. The lowest BCUT2D eigenvalue weighted by Gasteiger charge is -2.16. The molecule has 1 unspecified atom stereocenters. The van der Waals surface area contributed by atoms with Crippen molar-refractivity contribution in [1.82, 2.24) is 4.90 Å². The Bertz CT molecular complexity index is 504. The predicted octanol–water partition coefficient (Wildman–Crippen LogP) is 0.355. The summed E-state index contributed by atoms with van der Waals surface area (Å²) in [4.78, 5) is 24.5. The van der Waals surface area contributed by atoms with Crippen molar-refractivity contribution in [3.63, 3.8) is 0 Å². The molecule has 1 aliphatic heterocycles. The number of nitrogens with two attached hydrogens (primary N) is 2. The monoisotopic (exact) mass is 251 g/mol. The summed E-state index contributed by atoms with van der Waals surface area (Å²) in [5, 5.41) is 0. The molecule has 6 heteroatoms. The fraction of sp³-hybridized carbons (Fsp3) is 0.333. The molecule has 5 nitrogen and oxygen atoms in total. The molecule has 1 aliphatic rings. The third-order valence-electron chi connectivity index (χ3n) is 3.10. The predicted molar refractivity (Wildman–Crippen MR) is 64.0 cm³/mol. The molecule has 0 radical (unpaired) electrons. The van der Waals surface area contributed by atoms with Gasteiger partial charge < -0.3 is 16.4 Å². The molecule has 1 fully saturated rings. The van der Waals surface area contributed by atoms with E-state index in [2.05, 4.69) is 0 Å². The highest BCUT2D eigenvalue weighted by atomic mass is 19.1. The number of likely N-dealkylation sites (tertiary alicyclic amines) is 1. The van der Waals surface area contributed by atoms with Crippen molar-refractivity contribution >= 4 is 17.5 Å². The van der Waals surface area contributed by atoms with Crippen LogP contribution in [-0.2, 0) is 4.79 Å². The highest BCUT2D eigenvalue weighted by Crippen LogP contribution is 2.20. The topological polar surface area (TPSA) is 89.4 Å². The summed E-state index contributed by atoms with van der Waals surface area (Å²) in [7, 11) is 0. The number of benzene rings is 1. The van der Waals surface area contributed by atoms with Crippen LogP contribution in [0.4, 0.5) is 10.1 Å². The van der Waals surface area contributed by atoms with Crippen molar-refractivity contribution in [2.24, 2.45) is 11.7 Å². The van der Waals surface area contributed by atoms with Gasteiger partial charge in [0.1, 0.15) is 5.82 Å². The Morgan fingerprint density at radius 2 is 2.11 bits per heavy atom. The number of nitrogen functional groups attached to an aromatic ring is 1. The first kappa shape index (κ1) is 12.3. The zero-order valence-electron chi connectivity index (χ0n) is 9.73. The number of primary amides is 1. The molecule has 1 atom stereocenters. The molecule has 18 heavy (non-hydrogen) atoms. The average Bonchev–Trinajstić information content (AvgIpc) is 2.77. The van der Waals surface area contributed by atoms with Crippen LogP contribution in [0.2, 0.25) is 0 Å². The quantitative estimate of drug-likeness (QED) is 0.743. The molecular formula is C12H14FN3O2. The lowest BCUT2D eigenvalue weighted by atomic mass is 10.1. The Labute approximate surface area is 104 Å². The van der Waals surface area contributed by atoms with Crippen LogP contribution in [0.25, 0.3) is 0 Å². The lowest BCUT2D eigenvalue weighted by molar-refractivity contribution is -0.121. The largest absolute Gasteiger partial charge is 0.399 e. The van der Waals surface area contributed by atoms with E-state index in [1.807, 2.05) is 0 Å². The van der Waals surface area contributed by atoms with Crippen molar-refractivity contribution in [2.75, 3.05) is 18.8 Å². The SMILES string of the molecule is NC(=O)C1CCN(C(=O)c2ccc(N)cc2F)C1. The first-order chi connectivity index (χ1) is 8.49. The van der Waals surface area contributed by atoms with Gasteiger partial charge in [0.15, 0.2) is 0 Å². The standard InChI is InChI=1S/C12H14FN3O2/c13-10-5-8(14)1-2-9(10)12(18)16-4-3-7(6-16)11(15)17/h1-2,5,7H,3-4,6,14H2,(H2,15,17). The van der Waals surface area contributed by atoms with Crippen LogP contribution in [-0.4, -0.2) is 29.8 Å². The van der Waals surface area contributed by atoms with Gasteiger partial charge in [-0.05, 0) is 24.6 Å². The highest BCUT2D eigenvalue weighted by Gasteiger charge is 2.31. The molecule has 2 rings (SSSR count). The molecular weight excluding hydrogens is 237 g/mol. The molecule has 1 aromatic carbocycles. The van der Waals surface area contributed by atoms with Gasteiger partial charge in [0.05, 0.1) is 11.5 Å². The van der Waals surface area contributed by atoms with E-state index in [1.54, 1.807) is 0 Å². The van der Waals surface area contributed by atoms with E-state index in [0.717, 1.165) is 6.07 Å². The van der Waals surface area contributed by atoms with Crippen LogP contribution in [0.5, 0.6) is 0 Å². The summed E-state index contributed by atoms with van der Waals surface area (Å²) in [5.41, 5.74) is 10.8. The minimum atomic E-state index is -0.650. The molecule has 1 saturated heterocycles. The van der Waals surface area contributed by atoms with Gasteiger partial charge in [0.2, 0.25) is 5.91 Å². The van der Waals surface area contributed by atoms with Gasteiger partial charge in [-0.25, -0.2) is 4.39 Å². The second kappa shape index (κ2) is 4.64. The first-order valence-electron chi connectivity index (χ1n) is 5.62. The maximum Gasteiger partial charge on any atom is 0.256 e. The Morgan fingerprint density at radius 1 is 1.39 bits per heavy atom. The third kappa shape index (κ3) is 2.27. The Kier molecular flexibility index (Phi) is 3.18. The van der Waals surface area contributed by atoms with Crippen LogP contribution in [0.1, 0.15) is 16.8 Å². The van der Waals surface area contributed by atoms with Gasteiger partial charge in [0.25, 0.3) is 5.91 Å². The van der Waals surface area contributed by atoms with Crippen molar-refractivity contribution in [3.05, 3.63) is 29.6 Å². The number of rotatable bonds is 2. The molecule has 0 aromatic heterocycles. The van der Waals surface area contributed by atoms with Gasteiger partial charge in [-0.1, -0.05) is 0 Å². The summed E-state index contributed by atoms with van der Waals surface area (Å²) >= 11 is 0. The molecule has 1 aromatic rings. The molecule has 96 valence electrons. The van der Waals surface area contributed by atoms with Gasteiger partial charge in [-0.2, -0.15) is 0 Å². The fourth-order valence-electron chi connectivity index (χ4n) is 2.05. The van der Waals surface area contributed by atoms with E-state index in [0.29, 0.717) is 13.0 Å². The van der Waals surface area contributed by atoms with E-state index >= 15 is 0 Å². The molecule has 0 bridgehead atoms. The van der Waals surface area contributed by atoms with Gasteiger partial charge >= 0.3 is 0 Å². The van der Waals surface area contributed by atoms with Crippen LogP contribution >= 0.6 is 0 Å². The molecule has 0 saturated carbocycles. The number of carbonyl (C=O) groups excluding carboxylic acids is 2. The summed E-state index contributed by atoms with van der Waals surface area (Å²) < 4.78 is 13.6. The number of carbonyl (C=O) groups is 2. The van der Waals surface area contributed by atoms with Crippen LogP contribution < -0.4 is 11.5 Å². The minimum absolute atomic E-state index is 0.0330. The molecule has 1 heterocycles. The van der Waals surface area contributed by atoms with Crippen LogP contribution in [0, 0.1) is 11.7 Å². The van der Waals surface area contributed by atoms with Gasteiger partial charge in [-0.3, -0.25) is 9.59 Å². The minimum Gasteiger partial charge on any atom is -0.399 e. The number of anilines is 1. The van der Waals surface area contributed by atoms with Gasteiger partial charge in [0, 0.05) is 18.8 Å². The summed E-state index contributed by atoms with van der Waals surface area (Å²) in [5.74, 6) is -1.85. The number of nitrogens with zero attached hydrogens (tertiary/aromatic N) is 1. The van der Waals surface area contributed by atoms with E-state index in [9.17, 15) is 14.0 Å². The first-order valence-corrected chi connectivity index (χ1v) is 5.62.